The van der Waals surface area contributed by atoms with E-state index >= 15 is 0 Å². The Morgan fingerprint density at radius 1 is 1.38 bits per heavy atom. The van der Waals surface area contributed by atoms with Crippen molar-refractivity contribution in [2.24, 2.45) is 5.73 Å². The molecule has 0 radical (unpaired) electrons. The Hall–Kier alpha value is -1.43. The summed E-state index contributed by atoms with van der Waals surface area (Å²) in [5.41, 5.74) is 8.74. The van der Waals surface area contributed by atoms with E-state index in [1.54, 1.807) is 5.38 Å². The Balaban J connectivity index is 0.00000161. The first kappa shape index (κ1) is 15.9. The number of carbonyl (C=O) groups excluding carboxylic acids is 1. The molecule has 0 saturated heterocycles. The summed E-state index contributed by atoms with van der Waals surface area (Å²) < 4.78 is 0. The van der Waals surface area contributed by atoms with Crippen LogP contribution in [0.3, 0.4) is 0 Å². The number of benzene rings is 1. The second-order valence-corrected chi connectivity index (χ2v) is 5.96. The molecule has 1 aromatic carbocycles. The number of rotatable bonds is 3. The molecule has 0 saturated carbocycles. The molecular weight excluding hydrogens is 306 g/mol. The van der Waals surface area contributed by atoms with Crippen LogP contribution in [0.1, 0.15) is 33.0 Å². The van der Waals surface area contributed by atoms with Crippen molar-refractivity contribution in [1.82, 2.24) is 10.3 Å². The Morgan fingerprint density at radius 2 is 2.14 bits per heavy atom. The van der Waals surface area contributed by atoms with Gasteiger partial charge in [-0.3, -0.25) is 4.79 Å². The quantitative estimate of drug-likeness (QED) is 0.910. The van der Waals surface area contributed by atoms with E-state index in [4.69, 9.17) is 5.73 Å². The maximum atomic E-state index is 12.1. The van der Waals surface area contributed by atoms with Crippen LogP contribution >= 0.6 is 23.7 Å². The fourth-order valence-corrected chi connectivity index (χ4v) is 3.24. The number of aromatic nitrogens is 1. The second-order valence-electron chi connectivity index (χ2n) is 5.01. The predicted octanol–water partition coefficient (Wildman–Crippen LogP) is 2.31. The highest BCUT2D eigenvalue weighted by Gasteiger charge is 2.21. The number of nitrogens with zero attached hydrogens (tertiary/aromatic N) is 1. The summed E-state index contributed by atoms with van der Waals surface area (Å²) in [5, 5.41) is 5.65. The molecule has 4 nitrogen and oxygen atoms in total. The Bertz CT molecular complexity index is 629. The first-order valence-corrected chi connectivity index (χ1v) is 7.66. The number of hydrogen-bond donors (Lipinski definition) is 2. The van der Waals surface area contributed by atoms with E-state index in [1.807, 2.05) is 0 Å². The van der Waals surface area contributed by atoms with Crippen molar-refractivity contribution in [3.05, 3.63) is 51.5 Å². The number of amides is 1. The lowest BCUT2D eigenvalue weighted by Crippen LogP contribution is -2.39. The van der Waals surface area contributed by atoms with Crippen LogP contribution in [0.2, 0.25) is 0 Å². The van der Waals surface area contributed by atoms with Crippen LogP contribution in [0.25, 0.3) is 0 Å². The molecule has 1 aromatic heterocycles. The molecule has 1 aliphatic carbocycles. The van der Waals surface area contributed by atoms with Crippen LogP contribution in [-0.2, 0) is 19.4 Å². The third kappa shape index (κ3) is 3.61. The first-order chi connectivity index (χ1) is 9.76. The summed E-state index contributed by atoms with van der Waals surface area (Å²) in [4.78, 5) is 16.4. The zero-order chi connectivity index (χ0) is 13.9. The Kier molecular flexibility index (Phi) is 5.33. The fraction of sp³-hybridized carbons (Fsp3) is 0.333. The summed E-state index contributed by atoms with van der Waals surface area (Å²) >= 11 is 1.43. The van der Waals surface area contributed by atoms with E-state index in [1.165, 1.54) is 22.5 Å². The summed E-state index contributed by atoms with van der Waals surface area (Å²) in [5.74, 6) is -0.0923. The number of hydrogen-bond acceptors (Lipinski definition) is 4. The van der Waals surface area contributed by atoms with Crippen LogP contribution in [0.4, 0.5) is 0 Å². The molecule has 3 rings (SSSR count). The number of aryl methyl sites for hydroxylation is 1. The van der Waals surface area contributed by atoms with Gasteiger partial charge in [0.15, 0.2) is 0 Å². The molecule has 6 heteroatoms. The molecule has 2 aromatic rings. The van der Waals surface area contributed by atoms with Crippen LogP contribution in [0.5, 0.6) is 0 Å². The Labute approximate surface area is 134 Å². The fourth-order valence-electron chi connectivity index (χ4n) is 2.59. The van der Waals surface area contributed by atoms with E-state index < -0.39 is 0 Å². The highest BCUT2D eigenvalue weighted by atomic mass is 35.5. The lowest BCUT2D eigenvalue weighted by atomic mass is 9.88. The van der Waals surface area contributed by atoms with Crippen molar-refractivity contribution in [1.29, 1.82) is 0 Å². The van der Waals surface area contributed by atoms with Crippen molar-refractivity contribution in [3.8, 4) is 0 Å². The molecular formula is C15H18ClN3OS. The van der Waals surface area contributed by atoms with Gasteiger partial charge in [0.1, 0.15) is 10.7 Å². The van der Waals surface area contributed by atoms with Gasteiger partial charge >= 0.3 is 0 Å². The van der Waals surface area contributed by atoms with Crippen molar-refractivity contribution in [3.63, 3.8) is 0 Å². The topological polar surface area (TPSA) is 68.0 Å². The van der Waals surface area contributed by atoms with Gasteiger partial charge in [-0.2, -0.15) is 0 Å². The largest absolute Gasteiger partial charge is 0.348 e. The number of nitrogens with two attached hydrogens (primary N) is 1. The molecule has 0 spiro atoms. The minimum atomic E-state index is -0.0923. The van der Waals surface area contributed by atoms with Crippen molar-refractivity contribution in [2.45, 2.75) is 31.8 Å². The number of fused-ring (bicyclic) bond motifs is 1. The third-order valence-corrected chi connectivity index (χ3v) is 4.51. The smallest absolute Gasteiger partial charge is 0.270 e. The standard InChI is InChI=1S/C15H17N3OS.ClH/c16-8-14-18-13(9-20-14)15(19)17-12-6-5-10-3-1-2-4-11(10)7-12;/h1-4,9,12H,5-8,16H2,(H,17,19);1H. The molecule has 1 unspecified atom stereocenters. The summed E-state index contributed by atoms with van der Waals surface area (Å²) in [6.45, 7) is 0.384. The summed E-state index contributed by atoms with van der Waals surface area (Å²) in [6.07, 6.45) is 2.90. The maximum absolute atomic E-state index is 12.1. The van der Waals surface area contributed by atoms with Gasteiger partial charge in [-0.1, -0.05) is 24.3 Å². The Morgan fingerprint density at radius 3 is 2.86 bits per heavy atom. The lowest BCUT2D eigenvalue weighted by molar-refractivity contribution is 0.0929. The average Bonchev–Trinajstić information content (AvgIpc) is 2.96. The van der Waals surface area contributed by atoms with Gasteiger partial charge in [0.05, 0.1) is 0 Å². The van der Waals surface area contributed by atoms with Crippen LogP contribution < -0.4 is 11.1 Å². The van der Waals surface area contributed by atoms with Crippen molar-refractivity contribution in [2.75, 3.05) is 0 Å². The molecule has 0 aliphatic heterocycles. The minimum absolute atomic E-state index is 0. The van der Waals surface area contributed by atoms with Gasteiger partial charge in [-0.15, -0.1) is 23.7 Å². The van der Waals surface area contributed by atoms with Gasteiger partial charge in [-0.25, -0.2) is 4.98 Å². The minimum Gasteiger partial charge on any atom is -0.348 e. The van der Waals surface area contributed by atoms with E-state index in [2.05, 4.69) is 34.6 Å². The van der Waals surface area contributed by atoms with E-state index in [0.717, 1.165) is 24.3 Å². The number of carbonyl (C=O) groups is 1. The normalized spacial score (nSPS) is 16.7. The van der Waals surface area contributed by atoms with E-state index in [-0.39, 0.29) is 24.4 Å². The molecule has 21 heavy (non-hydrogen) atoms. The lowest BCUT2D eigenvalue weighted by Gasteiger charge is -2.25. The predicted molar refractivity (Wildman–Crippen MR) is 87.0 cm³/mol. The molecule has 0 fully saturated rings. The maximum Gasteiger partial charge on any atom is 0.270 e. The van der Waals surface area contributed by atoms with Crippen LogP contribution in [0, 0.1) is 0 Å². The molecule has 1 heterocycles. The number of thiazole rings is 1. The highest BCUT2D eigenvalue weighted by molar-refractivity contribution is 7.09. The van der Waals surface area contributed by atoms with Crippen molar-refractivity contribution < 1.29 is 4.79 Å². The molecule has 112 valence electrons. The van der Waals surface area contributed by atoms with Gasteiger partial charge in [0.25, 0.3) is 5.91 Å². The average molecular weight is 324 g/mol. The molecule has 1 atom stereocenters. The first-order valence-electron chi connectivity index (χ1n) is 6.78. The number of nitrogens with one attached hydrogen (secondary N) is 1. The van der Waals surface area contributed by atoms with Gasteiger partial charge in [0.2, 0.25) is 0 Å². The van der Waals surface area contributed by atoms with Crippen LogP contribution in [0.15, 0.2) is 29.6 Å². The van der Waals surface area contributed by atoms with Crippen molar-refractivity contribution >= 4 is 29.7 Å². The molecule has 1 amide bonds. The monoisotopic (exact) mass is 323 g/mol. The highest BCUT2D eigenvalue weighted by Crippen LogP contribution is 2.21. The number of halogens is 1. The van der Waals surface area contributed by atoms with Crippen LogP contribution in [-0.4, -0.2) is 16.9 Å². The van der Waals surface area contributed by atoms with Gasteiger partial charge in [0, 0.05) is 18.0 Å². The molecule has 3 N–H and O–H groups in total. The SMILES string of the molecule is Cl.NCc1nc(C(=O)NC2CCc3ccccc3C2)cs1. The summed E-state index contributed by atoms with van der Waals surface area (Å²) in [6, 6.07) is 8.63. The zero-order valence-electron chi connectivity index (χ0n) is 11.5. The third-order valence-electron chi connectivity index (χ3n) is 3.64. The van der Waals surface area contributed by atoms with E-state index in [0.29, 0.717) is 12.2 Å². The molecule has 0 bridgehead atoms. The second kappa shape index (κ2) is 7.02. The van der Waals surface area contributed by atoms with Gasteiger partial charge in [-0.05, 0) is 30.4 Å². The van der Waals surface area contributed by atoms with Gasteiger partial charge < -0.3 is 11.1 Å². The zero-order valence-corrected chi connectivity index (χ0v) is 13.2. The summed E-state index contributed by atoms with van der Waals surface area (Å²) in [7, 11) is 0. The van der Waals surface area contributed by atoms with E-state index in [9.17, 15) is 4.79 Å². The molecule has 1 aliphatic rings.